The van der Waals surface area contributed by atoms with Gasteiger partial charge >= 0.3 is 0 Å². The number of pyridine rings is 1. The summed E-state index contributed by atoms with van der Waals surface area (Å²) in [6, 6.07) is 28.7. The van der Waals surface area contributed by atoms with Gasteiger partial charge in [0.2, 0.25) is 0 Å². The molecule has 0 spiro atoms. The molecule has 0 radical (unpaired) electrons. The second-order valence-corrected chi connectivity index (χ2v) is 7.18. The van der Waals surface area contributed by atoms with Gasteiger partial charge in [-0.2, -0.15) is 0 Å². The summed E-state index contributed by atoms with van der Waals surface area (Å²) >= 11 is 0. The van der Waals surface area contributed by atoms with Crippen molar-refractivity contribution in [3.8, 4) is 11.3 Å². The van der Waals surface area contributed by atoms with Crippen LogP contribution in [-0.2, 0) is 6.42 Å². The second kappa shape index (κ2) is 7.41. The van der Waals surface area contributed by atoms with Gasteiger partial charge in [-0.25, -0.2) is 4.90 Å². The number of nitrogens with zero attached hydrogens (tertiary/aromatic N) is 2. The predicted molar refractivity (Wildman–Crippen MR) is 117 cm³/mol. The first-order chi connectivity index (χ1) is 14.7. The quantitative estimate of drug-likeness (QED) is 0.453. The Kier molecular flexibility index (Phi) is 4.45. The molecule has 144 valence electrons. The summed E-state index contributed by atoms with van der Waals surface area (Å²) in [4.78, 5) is 32.5. The number of aromatic nitrogens is 1. The van der Waals surface area contributed by atoms with Gasteiger partial charge in [0.1, 0.15) is 0 Å². The SMILES string of the molecule is O=C1c2cnc(-c3ccccc3)c(Cc3ccccc3)c2C(=O)N1c1ccccc1. The smallest absolute Gasteiger partial charge is 0.267 e. The molecule has 5 rings (SSSR count). The van der Waals surface area contributed by atoms with Crippen molar-refractivity contribution in [2.24, 2.45) is 0 Å². The minimum absolute atomic E-state index is 0.299. The minimum atomic E-state index is -0.331. The van der Waals surface area contributed by atoms with Crippen molar-refractivity contribution in [1.29, 1.82) is 0 Å². The zero-order chi connectivity index (χ0) is 20.5. The lowest BCUT2D eigenvalue weighted by Crippen LogP contribution is -2.29. The predicted octanol–water partition coefficient (Wildman–Crippen LogP) is 5.14. The number of anilines is 1. The number of carbonyl (C=O) groups is 2. The summed E-state index contributed by atoms with van der Waals surface area (Å²) in [5.41, 5.74) is 4.86. The van der Waals surface area contributed by atoms with E-state index >= 15 is 0 Å². The van der Waals surface area contributed by atoms with Crippen LogP contribution >= 0.6 is 0 Å². The van der Waals surface area contributed by atoms with Gasteiger partial charge in [0.15, 0.2) is 0 Å². The van der Waals surface area contributed by atoms with Gasteiger partial charge in [0, 0.05) is 18.2 Å². The van der Waals surface area contributed by atoms with Crippen molar-refractivity contribution in [3.63, 3.8) is 0 Å². The Bertz CT molecular complexity index is 1240. The summed E-state index contributed by atoms with van der Waals surface area (Å²) in [5.74, 6) is -0.630. The molecule has 1 aliphatic heterocycles. The van der Waals surface area contributed by atoms with E-state index < -0.39 is 0 Å². The number of rotatable bonds is 4. The van der Waals surface area contributed by atoms with Crippen molar-refractivity contribution in [2.75, 3.05) is 4.90 Å². The monoisotopic (exact) mass is 390 g/mol. The molecular formula is C26H18N2O2. The van der Waals surface area contributed by atoms with Crippen LogP contribution < -0.4 is 4.90 Å². The number of amides is 2. The largest absolute Gasteiger partial charge is 0.268 e. The van der Waals surface area contributed by atoms with E-state index in [1.165, 1.54) is 11.1 Å². The van der Waals surface area contributed by atoms with Gasteiger partial charge in [-0.15, -0.1) is 0 Å². The molecule has 4 nitrogen and oxygen atoms in total. The number of imide groups is 1. The van der Waals surface area contributed by atoms with E-state index in [1.807, 2.05) is 78.9 Å². The standard InChI is InChI=1S/C26H18N2O2/c29-25-22-17-27-24(19-12-6-2-7-13-19)21(16-18-10-4-1-5-11-18)23(22)26(30)28(25)20-14-8-3-9-15-20/h1-15,17H,16H2. The molecule has 0 saturated carbocycles. The average molecular weight is 390 g/mol. The number of hydrogen-bond acceptors (Lipinski definition) is 3. The normalized spacial score (nSPS) is 12.9. The van der Waals surface area contributed by atoms with Gasteiger partial charge in [-0.3, -0.25) is 14.6 Å². The topological polar surface area (TPSA) is 50.3 Å². The Morgan fingerprint density at radius 2 is 1.30 bits per heavy atom. The van der Waals surface area contributed by atoms with Gasteiger partial charge in [-0.05, 0) is 23.3 Å². The number of carbonyl (C=O) groups excluding carboxylic acids is 2. The first-order valence-electron chi connectivity index (χ1n) is 9.79. The van der Waals surface area contributed by atoms with Crippen LogP contribution in [0.3, 0.4) is 0 Å². The van der Waals surface area contributed by atoms with Crippen molar-refractivity contribution in [3.05, 3.63) is 119 Å². The maximum atomic E-state index is 13.5. The molecule has 30 heavy (non-hydrogen) atoms. The lowest BCUT2D eigenvalue weighted by molar-refractivity contribution is 0.0926. The average Bonchev–Trinajstić information content (AvgIpc) is 3.06. The van der Waals surface area contributed by atoms with E-state index in [1.54, 1.807) is 12.1 Å². The van der Waals surface area contributed by atoms with E-state index in [4.69, 9.17) is 0 Å². The molecule has 2 heterocycles. The Balaban J connectivity index is 1.70. The van der Waals surface area contributed by atoms with Crippen LogP contribution in [0.4, 0.5) is 5.69 Å². The Morgan fingerprint density at radius 1 is 0.700 bits per heavy atom. The second-order valence-electron chi connectivity index (χ2n) is 7.18. The molecule has 0 bridgehead atoms. The molecule has 1 aromatic heterocycles. The highest BCUT2D eigenvalue weighted by Gasteiger charge is 2.39. The first-order valence-corrected chi connectivity index (χ1v) is 9.79. The van der Waals surface area contributed by atoms with Gasteiger partial charge in [0.05, 0.1) is 22.5 Å². The molecule has 0 fully saturated rings. The van der Waals surface area contributed by atoms with E-state index in [0.717, 1.165) is 22.4 Å². The van der Waals surface area contributed by atoms with Crippen molar-refractivity contribution < 1.29 is 9.59 Å². The molecule has 4 heteroatoms. The zero-order valence-electron chi connectivity index (χ0n) is 16.2. The fourth-order valence-corrected chi connectivity index (χ4v) is 3.91. The van der Waals surface area contributed by atoms with Crippen LogP contribution in [0.5, 0.6) is 0 Å². The van der Waals surface area contributed by atoms with Gasteiger partial charge < -0.3 is 0 Å². The third kappa shape index (κ3) is 2.99. The van der Waals surface area contributed by atoms with Crippen molar-refractivity contribution >= 4 is 17.5 Å². The van der Waals surface area contributed by atoms with E-state index in [0.29, 0.717) is 23.2 Å². The Morgan fingerprint density at radius 3 is 1.97 bits per heavy atom. The van der Waals surface area contributed by atoms with Crippen molar-refractivity contribution in [1.82, 2.24) is 4.98 Å². The molecule has 1 aliphatic rings. The summed E-state index contributed by atoms with van der Waals surface area (Å²) < 4.78 is 0. The highest BCUT2D eigenvalue weighted by atomic mass is 16.2. The summed E-state index contributed by atoms with van der Waals surface area (Å²) in [5, 5.41) is 0. The minimum Gasteiger partial charge on any atom is -0.268 e. The fraction of sp³-hybridized carbons (Fsp3) is 0.0385. The highest BCUT2D eigenvalue weighted by Crippen LogP contribution is 2.35. The molecule has 2 amide bonds. The van der Waals surface area contributed by atoms with Crippen LogP contribution in [0.2, 0.25) is 0 Å². The van der Waals surface area contributed by atoms with Crippen LogP contribution in [0, 0.1) is 0 Å². The summed E-state index contributed by atoms with van der Waals surface area (Å²) in [6.07, 6.45) is 2.05. The third-order valence-corrected chi connectivity index (χ3v) is 5.32. The number of benzene rings is 3. The molecular weight excluding hydrogens is 372 g/mol. The summed E-state index contributed by atoms with van der Waals surface area (Å²) in [7, 11) is 0. The molecule has 4 aromatic rings. The Hall–Kier alpha value is -4.05. The molecule has 0 N–H and O–H groups in total. The molecule has 0 aliphatic carbocycles. The maximum absolute atomic E-state index is 13.5. The number of para-hydroxylation sites is 1. The van der Waals surface area contributed by atoms with Crippen molar-refractivity contribution in [2.45, 2.75) is 6.42 Å². The number of fused-ring (bicyclic) bond motifs is 1. The van der Waals surface area contributed by atoms with E-state index in [-0.39, 0.29) is 11.8 Å². The summed E-state index contributed by atoms with van der Waals surface area (Å²) in [6.45, 7) is 0. The van der Waals surface area contributed by atoms with Gasteiger partial charge in [0.25, 0.3) is 11.8 Å². The maximum Gasteiger partial charge on any atom is 0.267 e. The molecule has 0 atom stereocenters. The van der Waals surface area contributed by atoms with Gasteiger partial charge in [-0.1, -0.05) is 78.9 Å². The van der Waals surface area contributed by atoms with E-state index in [2.05, 4.69) is 4.98 Å². The first kappa shape index (κ1) is 18.0. The molecule has 0 unspecified atom stereocenters. The van der Waals surface area contributed by atoms with E-state index in [9.17, 15) is 9.59 Å². The third-order valence-electron chi connectivity index (χ3n) is 5.32. The van der Waals surface area contributed by atoms with Crippen LogP contribution in [0.15, 0.2) is 97.2 Å². The molecule has 0 saturated heterocycles. The van der Waals surface area contributed by atoms with Crippen LogP contribution in [0.1, 0.15) is 31.8 Å². The zero-order valence-corrected chi connectivity index (χ0v) is 16.2. The lowest BCUT2D eigenvalue weighted by Gasteiger charge is -2.14. The highest BCUT2D eigenvalue weighted by molar-refractivity contribution is 6.35. The number of hydrogen-bond donors (Lipinski definition) is 0. The Labute approximate surface area is 174 Å². The van der Waals surface area contributed by atoms with Crippen LogP contribution in [-0.4, -0.2) is 16.8 Å². The molecule has 3 aromatic carbocycles. The lowest BCUT2D eigenvalue weighted by atomic mass is 9.93. The van der Waals surface area contributed by atoms with Crippen LogP contribution in [0.25, 0.3) is 11.3 Å². The fourth-order valence-electron chi connectivity index (χ4n) is 3.91.